The maximum absolute atomic E-state index is 12.5. The number of fused-ring (bicyclic) bond motifs is 1. The van der Waals surface area contributed by atoms with Crippen molar-refractivity contribution in [3.05, 3.63) is 57.6 Å². The number of pyridine rings is 1. The third kappa shape index (κ3) is 3.39. The lowest BCUT2D eigenvalue weighted by atomic mass is 10.1. The predicted octanol–water partition coefficient (Wildman–Crippen LogP) is 3.64. The maximum atomic E-state index is 12.5. The van der Waals surface area contributed by atoms with Crippen LogP contribution in [0.2, 0.25) is 0 Å². The molecule has 0 atom stereocenters. The van der Waals surface area contributed by atoms with E-state index in [0.717, 1.165) is 21.5 Å². The number of carbonyl (C=O) groups is 2. The molecule has 2 heterocycles. The zero-order valence-electron chi connectivity index (χ0n) is 14.7. The zero-order chi connectivity index (χ0) is 18.8. The van der Waals surface area contributed by atoms with Crippen LogP contribution < -0.4 is 5.73 Å². The number of esters is 2. The van der Waals surface area contributed by atoms with E-state index < -0.39 is 11.9 Å². The molecule has 0 radical (unpaired) electrons. The lowest BCUT2D eigenvalue weighted by molar-refractivity contribution is 0.0480. The van der Waals surface area contributed by atoms with Crippen LogP contribution in [0, 0.1) is 13.8 Å². The molecule has 26 heavy (non-hydrogen) atoms. The minimum atomic E-state index is -0.508. The maximum Gasteiger partial charge on any atom is 0.350 e. The summed E-state index contributed by atoms with van der Waals surface area (Å²) in [4.78, 5) is 29.5. The molecule has 134 valence electrons. The van der Waals surface area contributed by atoms with Crippen LogP contribution in [0.15, 0.2) is 30.3 Å². The molecule has 0 saturated carbocycles. The number of ether oxygens (including phenoxy) is 2. The van der Waals surface area contributed by atoms with Gasteiger partial charge >= 0.3 is 11.9 Å². The quantitative estimate of drug-likeness (QED) is 0.705. The first-order valence-corrected chi connectivity index (χ1v) is 8.73. The number of nitrogens with zero attached hydrogens (tertiary/aromatic N) is 1. The van der Waals surface area contributed by atoms with Gasteiger partial charge in [-0.1, -0.05) is 12.1 Å². The summed E-state index contributed by atoms with van der Waals surface area (Å²) >= 11 is 1.22. The number of hydrogen-bond acceptors (Lipinski definition) is 7. The van der Waals surface area contributed by atoms with Gasteiger partial charge < -0.3 is 15.2 Å². The van der Waals surface area contributed by atoms with E-state index >= 15 is 0 Å². The molecule has 0 amide bonds. The lowest BCUT2D eigenvalue weighted by Crippen LogP contribution is -2.07. The van der Waals surface area contributed by atoms with Crippen LogP contribution in [0.3, 0.4) is 0 Å². The molecule has 0 aliphatic heterocycles. The lowest BCUT2D eigenvalue weighted by Gasteiger charge is -2.06. The Kier molecular flexibility index (Phi) is 4.90. The monoisotopic (exact) mass is 370 g/mol. The molecule has 0 aliphatic carbocycles. The number of nitrogen functional groups attached to an aromatic ring is 1. The van der Waals surface area contributed by atoms with Crippen molar-refractivity contribution in [1.29, 1.82) is 0 Å². The Morgan fingerprint density at radius 1 is 1.19 bits per heavy atom. The van der Waals surface area contributed by atoms with Crippen molar-refractivity contribution < 1.29 is 19.1 Å². The Balaban J connectivity index is 1.81. The smallest absolute Gasteiger partial charge is 0.350 e. The second kappa shape index (κ2) is 7.13. The van der Waals surface area contributed by atoms with Crippen LogP contribution in [0.1, 0.15) is 36.9 Å². The van der Waals surface area contributed by atoms with Crippen molar-refractivity contribution >= 4 is 39.2 Å². The SMILES string of the molecule is COC(=O)c1cccc(COC(=O)c2sc3nc(C)cc(C)c3c2N)c1. The zero-order valence-corrected chi connectivity index (χ0v) is 15.5. The number of methoxy groups -OCH3 is 1. The van der Waals surface area contributed by atoms with Gasteiger partial charge in [-0.3, -0.25) is 0 Å². The third-order valence-corrected chi connectivity index (χ3v) is 5.01. The summed E-state index contributed by atoms with van der Waals surface area (Å²) in [6, 6.07) is 8.67. The summed E-state index contributed by atoms with van der Waals surface area (Å²) < 4.78 is 10.1. The molecule has 0 spiro atoms. The molecule has 0 saturated heterocycles. The summed E-state index contributed by atoms with van der Waals surface area (Å²) in [7, 11) is 1.32. The number of aryl methyl sites for hydroxylation is 2. The molecular weight excluding hydrogens is 352 g/mol. The minimum absolute atomic E-state index is 0.0305. The number of thiophene rings is 1. The minimum Gasteiger partial charge on any atom is -0.465 e. The van der Waals surface area contributed by atoms with Gasteiger partial charge in [0, 0.05) is 11.1 Å². The van der Waals surface area contributed by atoms with Gasteiger partial charge in [-0.15, -0.1) is 11.3 Å². The fourth-order valence-corrected chi connectivity index (χ4v) is 3.85. The Bertz CT molecular complexity index is 1010. The molecule has 3 rings (SSSR count). The van der Waals surface area contributed by atoms with Gasteiger partial charge in [0.05, 0.1) is 18.4 Å². The Morgan fingerprint density at radius 2 is 1.96 bits per heavy atom. The molecule has 3 aromatic rings. The average Bonchev–Trinajstić information content (AvgIpc) is 2.95. The van der Waals surface area contributed by atoms with Crippen molar-refractivity contribution in [3.8, 4) is 0 Å². The molecule has 0 aliphatic rings. The fraction of sp³-hybridized carbons (Fsp3) is 0.211. The number of aromatic nitrogens is 1. The topological polar surface area (TPSA) is 91.5 Å². The van der Waals surface area contributed by atoms with Crippen LogP contribution in [-0.2, 0) is 16.1 Å². The predicted molar refractivity (Wildman–Crippen MR) is 100 cm³/mol. The first kappa shape index (κ1) is 17.9. The first-order valence-electron chi connectivity index (χ1n) is 7.91. The molecule has 6 nitrogen and oxygen atoms in total. The molecule has 0 fully saturated rings. The van der Waals surface area contributed by atoms with Crippen molar-refractivity contribution in [3.63, 3.8) is 0 Å². The van der Waals surface area contributed by atoms with Gasteiger partial charge in [-0.25, -0.2) is 14.6 Å². The summed E-state index contributed by atoms with van der Waals surface area (Å²) in [5.74, 6) is -0.949. The van der Waals surface area contributed by atoms with Gasteiger partial charge in [0.1, 0.15) is 16.3 Å². The number of nitrogens with two attached hydrogens (primary N) is 1. The van der Waals surface area contributed by atoms with E-state index in [1.807, 2.05) is 19.9 Å². The normalized spacial score (nSPS) is 10.7. The number of hydrogen-bond donors (Lipinski definition) is 1. The Labute approximate surface area is 154 Å². The van der Waals surface area contributed by atoms with E-state index in [0.29, 0.717) is 21.7 Å². The van der Waals surface area contributed by atoms with Crippen LogP contribution in [-0.4, -0.2) is 24.0 Å². The van der Waals surface area contributed by atoms with E-state index in [1.165, 1.54) is 18.4 Å². The Morgan fingerprint density at radius 3 is 2.69 bits per heavy atom. The molecule has 2 aromatic heterocycles. The fourth-order valence-electron chi connectivity index (χ4n) is 2.74. The summed E-state index contributed by atoms with van der Waals surface area (Å²) in [6.45, 7) is 3.87. The van der Waals surface area contributed by atoms with Crippen molar-refractivity contribution in [1.82, 2.24) is 4.98 Å². The largest absolute Gasteiger partial charge is 0.465 e. The van der Waals surface area contributed by atoms with E-state index in [9.17, 15) is 9.59 Å². The number of rotatable bonds is 4. The van der Waals surface area contributed by atoms with Gasteiger partial charge in [0.2, 0.25) is 0 Å². The van der Waals surface area contributed by atoms with Crippen molar-refractivity contribution in [2.45, 2.75) is 20.5 Å². The molecule has 2 N–H and O–H groups in total. The van der Waals surface area contributed by atoms with E-state index in [-0.39, 0.29) is 6.61 Å². The standard InChI is InChI=1S/C19H18N2O4S/c1-10-7-11(2)21-17-14(10)15(20)16(26-17)19(23)25-9-12-5-4-6-13(8-12)18(22)24-3/h4-8H,9,20H2,1-3H3. The highest BCUT2D eigenvalue weighted by Crippen LogP contribution is 2.35. The molecule has 1 aromatic carbocycles. The first-order chi connectivity index (χ1) is 12.4. The van der Waals surface area contributed by atoms with E-state index in [2.05, 4.69) is 9.72 Å². The van der Waals surface area contributed by atoms with Gasteiger partial charge in [-0.05, 0) is 43.2 Å². The summed E-state index contributed by atoms with van der Waals surface area (Å²) in [5.41, 5.74) is 9.48. The van der Waals surface area contributed by atoms with Crippen LogP contribution in [0.4, 0.5) is 5.69 Å². The van der Waals surface area contributed by atoms with Crippen LogP contribution in [0.5, 0.6) is 0 Å². The van der Waals surface area contributed by atoms with Crippen molar-refractivity contribution in [2.24, 2.45) is 0 Å². The number of carbonyl (C=O) groups excluding carboxylic acids is 2. The van der Waals surface area contributed by atoms with Crippen LogP contribution >= 0.6 is 11.3 Å². The van der Waals surface area contributed by atoms with Crippen LogP contribution in [0.25, 0.3) is 10.2 Å². The highest BCUT2D eigenvalue weighted by Gasteiger charge is 2.20. The number of anilines is 1. The third-order valence-electron chi connectivity index (χ3n) is 3.93. The van der Waals surface area contributed by atoms with Gasteiger partial charge in [-0.2, -0.15) is 0 Å². The summed E-state index contributed by atoms with van der Waals surface area (Å²) in [5, 5.41) is 0.792. The van der Waals surface area contributed by atoms with E-state index in [1.54, 1.807) is 24.3 Å². The average molecular weight is 370 g/mol. The van der Waals surface area contributed by atoms with E-state index in [4.69, 9.17) is 10.5 Å². The number of benzene rings is 1. The Hall–Kier alpha value is -2.93. The second-order valence-corrected chi connectivity index (χ2v) is 6.87. The van der Waals surface area contributed by atoms with Crippen molar-refractivity contribution in [2.75, 3.05) is 12.8 Å². The highest BCUT2D eigenvalue weighted by atomic mass is 32.1. The summed E-state index contributed by atoms with van der Waals surface area (Å²) in [6.07, 6.45) is 0. The molecular formula is C19H18N2O4S. The molecule has 7 heteroatoms. The molecule has 0 unspecified atom stereocenters. The van der Waals surface area contributed by atoms with Gasteiger partial charge in [0.25, 0.3) is 0 Å². The van der Waals surface area contributed by atoms with Gasteiger partial charge in [0.15, 0.2) is 0 Å². The molecule has 0 bridgehead atoms. The highest BCUT2D eigenvalue weighted by molar-refractivity contribution is 7.21. The second-order valence-electron chi connectivity index (χ2n) is 5.87.